The number of anilines is 2. The van der Waals surface area contributed by atoms with E-state index < -0.39 is 0 Å². The molecule has 0 atom stereocenters. The standard InChI is InChI=1S/C17H18N2O2/c20-16-6-1-3-12(9-16)11-18-14-4-2-5-15(10-14)19-17(21)13-7-8-13/h1-6,9-10,13,18,20H,7-8,11H2,(H,19,21). The molecule has 3 rings (SSSR count). The SMILES string of the molecule is O=C(Nc1cccc(NCc2cccc(O)c2)c1)C1CC1. The smallest absolute Gasteiger partial charge is 0.227 e. The van der Waals surface area contributed by atoms with Crippen LogP contribution in [0, 0.1) is 5.92 Å². The van der Waals surface area contributed by atoms with Gasteiger partial charge in [-0.25, -0.2) is 0 Å². The van der Waals surface area contributed by atoms with E-state index in [9.17, 15) is 9.90 Å². The van der Waals surface area contributed by atoms with Gasteiger partial charge in [0.2, 0.25) is 5.91 Å². The van der Waals surface area contributed by atoms with Gasteiger partial charge < -0.3 is 15.7 Å². The van der Waals surface area contributed by atoms with Crippen LogP contribution >= 0.6 is 0 Å². The van der Waals surface area contributed by atoms with Gasteiger partial charge in [-0.1, -0.05) is 18.2 Å². The summed E-state index contributed by atoms with van der Waals surface area (Å²) in [4.78, 5) is 11.7. The van der Waals surface area contributed by atoms with Crippen molar-refractivity contribution in [2.75, 3.05) is 10.6 Å². The summed E-state index contributed by atoms with van der Waals surface area (Å²) < 4.78 is 0. The Morgan fingerprint density at radius 1 is 1.10 bits per heavy atom. The first-order valence-electron chi connectivity index (χ1n) is 7.13. The number of rotatable bonds is 5. The third-order valence-electron chi connectivity index (χ3n) is 3.49. The Hall–Kier alpha value is -2.49. The second-order valence-corrected chi connectivity index (χ2v) is 5.37. The molecule has 2 aromatic carbocycles. The fraction of sp³-hybridized carbons (Fsp3) is 0.235. The van der Waals surface area contributed by atoms with Crippen LogP contribution in [0.25, 0.3) is 0 Å². The topological polar surface area (TPSA) is 61.4 Å². The van der Waals surface area contributed by atoms with E-state index in [1.807, 2.05) is 36.4 Å². The zero-order valence-corrected chi connectivity index (χ0v) is 11.7. The molecule has 3 N–H and O–H groups in total. The quantitative estimate of drug-likeness (QED) is 0.788. The molecule has 0 aliphatic heterocycles. The van der Waals surface area contributed by atoms with Crippen LogP contribution in [0.1, 0.15) is 18.4 Å². The second kappa shape index (κ2) is 5.87. The van der Waals surface area contributed by atoms with Crippen molar-refractivity contribution in [3.05, 3.63) is 54.1 Å². The molecule has 21 heavy (non-hydrogen) atoms. The number of carbonyl (C=O) groups excluding carboxylic acids is 1. The lowest BCUT2D eigenvalue weighted by Gasteiger charge is -2.09. The summed E-state index contributed by atoms with van der Waals surface area (Å²) in [6, 6.07) is 14.8. The molecule has 0 saturated heterocycles. The van der Waals surface area contributed by atoms with E-state index in [0.717, 1.165) is 29.8 Å². The summed E-state index contributed by atoms with van der Waals surface area (Å²) in [6.07, 6.45) is 2.00. The molecule has 0 heterocycles. The van der Waals surface area contributed by atoms with E-state index in [1.54, 1.807) is 12.1 Å². The number of carbonyl (C=O) groups is 1. The molecule has 2 aromatic rings. The van der Waals surface area contributed by atoms with Crippen molar-refractivity contribution in [2.45, 2.75) is 19.4 Å². The first-order chi connectivity index (χ1) is 10.2. The van der Waals surface area contributed by atoms with Gasteiger partial charge >= 0.3 is 0 Å². The lowest BCUT2D eigenvalue weighted by molar-refractivity contribution is -0.117. The third-order valence-corrected chi connectivity index (χ3v) is 3.49. The van der Waals surface area contributed by atoms with Crippen LogP contribution in [0.3, 0.4) is 0 Å². The van der Waals surface area contributed by atoms with Gasteiger partial charge in [-0.2, -0.15) is 0 Å². The van der Waals surface area contributed by atoms with E-state index in [1.165, 1.54) is 0 Å². The predicted octanol–water partition coefficient (Wildman–Crippen LogP) is 3.35. The Labute approximate surface area is 123 Å². The van der Waals surface area contributed by atoms with E-state index in [2.05, 4.69) is 10.6 Å². The summed E-state index contributed by atoms with van der Waals surface area (Å²) in [5.74, 6) is 0.578. The number of hydrogen-bond acceptors (Lipinski definition) is 3. The van der Waals surface area contributed by atoms with Crippen molar-refractivity contribution in [3.8, 4) is 5.75 Å². The molecule has 108 valence electrons. The van der Waals surface area contributed by atoms with E-state index in [0.29, 0.717) is 6.54 Å². The monoisotopic (exact) mass is 282 g/mol. The molecule has 0 spiro atoms. The normalized spacial score (nSPS) is 13.7. The average molecular weight is 282 g/mol. The first kappa shape index (κ1) is 13.5. The molecule has 0 bridgehead atoms. The number of phenolic OH excluding ortho intramolecular Hbond substituents is 1. The number of nitrogens with one attached hydrogen (secondary N) is 2. The largest absolute Gasteiger partial charge is 0.508 e. The van der Waals surface area contributed by atoms with Crippen LogP contribution < -0.4 is 10.6 Å². The zero-order valence-electron chi connectivity index (χ0n) is 11.7. The van der Waals surface area contributed by atoms with E-state index in [-0.39, 0.29) is 17.6 Å². The Morgan fingerprint density at radius 2 is 1.86 bits per heavy atom. The molecule has 0 radical (unpaired) electrons. The Bertz CT molecular complexity index is 651. The van der Waals surface area contributed by atoms with Crippen LogP contribution in [0.4, 0.5) is 11.4 Å². The summed E-state index contributed by atoms with van der Waals surface area (Å²) in [7, 11) is 0. The highest BCUT2D eigenvalue weighted by molar-refractivity contribution is 5.94. The molecule has 0 aromatic heterocycles. The number of phenols is 1. The molecule has 1 amide bonds. The predicted molar refractivity (Wildman–Crippen MR) is 83.2 cm³/mol. The van der Waals surface area contributed by atoms with Crippen molar-refractivity contribution in [3.63, 3.8) is 0 Å². The molecule has 0 unspecified atom stereocenters. The second-order valence-electron chi connectivity index (χ2n) is 5.37. The Balaban J connectivity index is 1.61. The molecule has 1 saturated carbocycles. The van der Waals surface area contributed by atoms with Crippen molar-refractivity contribution in [1.82, 2.24) is 0 Å². The molecule has 1 fully saturated rings. The highest BCUT2D eigenvalue weighted by Crippen LogP contribution is 2.30. The Kier molecular flexibility index (Phi) is 3.77. The summed E-state index contributed by atoms with van der Waals surface area (Å²) in [6.45, 7) is 0.619. The van der Waals surface area contributed by atoms with E-state index in [4.69, 9.17) is 0 Å². The van der Waals surface area contributed by atoms with Crippen LogP contribution in [0.5, 0.6) is 5.75 Å². The van der Waals surface area contributed by atoms with E-state index >= 15 is 0 Å². The van der Waals surface area contributed by atoms with Gasteiger partial charge in [0.15, 0.2) is 0 Å². The molecule has 1 aliphatic carbocycles. The maximum Gasteiger partial charge on any atom is 0.227 e. The lowest BCUT2D eigenvalue weighted by Crippen LogP contribution is -2.13. The fourth-order valence-corrected chi connectivity index (χ4v) is 2.17. The summed E-state index contributed by atoms with van der Waals surface area (Å²) in [5, 5.41) is 15.7. The number of aromatic hydroxyl groups is 1. The maximum absolute atomic E-state index is 11.7. The number of hydrogen-bond donors (Lipinski definition) is 3. The van der Waals surface area contributed by atoms with Crippen molar-refractivity contribution in [1.29, 1.82) is 0 Å². The van der Waals surface area contributed by atoms with Gasteiger partial charge in [-0.15, -0.1) is 0 Å². The van der Waals surface area contributed by atoms with Crippen molar-refractivity contribution < 1.29 is 9.90 Å². The first-order valence-corrected chi connectivity index (χ1v) is 7.13. The maximum atomic E-state index is 11.7. The summed E-state index contributed by atoms with van der Waals surface area (Å²) in [5.41, 5.74) is 2.75. The summed E-state index contributed by atoms with van der Waals surface area (Å²) >= 11 is 0. The van der Waals surface area contributed by atoms with Crippen LogP contribution in [0.15, 0.2) is 48.5 Å². The molecular formula is C17H18N2O2. The van der Waals surface area contributed by atoms with Crippen molar-refractivity contribution >= 4 is 17.3 Å². The minimum atomic E-state index is 0.111. The van der Waals surface area contributed by atoms with Crippen LogP contribution in [0.2, 0.25) is 0 Å². The van der Waals surface area contributed by atoms with Gasteiger partial charge in [-0.3, -0.25) is 4.79 Å². The number of amides is 1. The van der Waals surface area contributed by atoms with Gasteiger partial charge in [-0.05, 0) is 48.7 Å². The Morgan fingerprint density at radius 3 is 2.62 bits per heavy atom. The average Bonchev–Trinajstić information content (AvgIpc) is 3.30. The number of benzene rings is 2. The third kappa shape index (κ3) is 3.75. The van der Waals surface area contributed by atoms with Crippen molar-refractivity contribution in [2.24, 2.45) is 5.92 Å². The lowest BCUT2D eigenvalue weighted by atomic mass is 10.2. The van der Waals surface area contributed by atoms with Gasteiger partial charge in [0.05, 0.1) is 0 Å². The zero-order chi connectivity index (χ0) is 14.7. The van der Waals surface area contributed by atoms with Crippen LogP contribution in [-0.2, 0) is 11.3 Å². The highest BCUT2D eigenvalue weighted by Gasteiger charge is 2.29. The molecular weight excluding hydrogens is 264 g/mol. The van der Waals surface area contributed by atoms with Gasteiger partial charge in [0.1, 0.15) is 5.75 Å². The van der Waals surface area contributed by atoms with Gasteiger partial charge in [0, 0.05) is 23.8 Å². The minimum Gasteiger partial charge on any atom is -0.508 e. The molecule has 1 aliphatic rings. The molecule has 4 nitrogen and oxygen atoms in total. The molecule has 4 heteroatoms. The van der Waals surface area contributed by atoms with Gasteiger partial charge in [0.25, 0.3) is 0 Å². The highest BCUT2D eigenvalue weighted by atomic mass is 16.3. The fourth-order valence-electron chi connectivity index (χ4n) is 2.17. The minimum absolute atomic E-state index is 0.111. The van der Waals surface area contributed by atoms with Crippen LogP contribution in [-0.4, -0.2) is 11.0 Å².